The predicted octanol–water partition coefficient (Wildman–Crippen LogP) is 1.83. The van der Waals surface area contributed by atoms with E-state index in [2.05, 4.69) is 10.6 Å². The molecule has 1 saturated heterocycles. The second-order valence-corrected chi connectivity index (χ2v) is 5.87. The molecule has 1 aliphatic heterocycles. The number of amides is 2. The monoisotopic (exact) mass is 382 g/mol. The van der Waals surface area contributed by atoms with Crippen LogP contribution in [0.15, 0.2) is 54.1 Å². The van der Waals surface area contributed by atoms with Gasteiger partial charge in [0.2, 0.25) is 0 Å². The Hall–Kier alpha value is -3.52. The van der Waals surface area contributed by atoms with Gasteiger partial charge in [-0.15, -0.1) is 0 Å². The molecule has 2 aromatic rings. The number of carbonyl (C=O) groups is 3. The van der Waals surface area contributed by atoms with Crippen molar-refractivity contribution in [3.05, 3.63) is 65.2 Å². The number of rotatable bonds is 4. The Balaban J connectivity index is 1.85. The molecule has 8 heteroatoms. The van der Waals surface area contributed by atoms with Crippen LogP contribution in [0.25, 0.3) is 6.08 Å². The lowest BCUT2D eigenvalue weighted by Gasteiger charge is -2.16. The third-order valence-electron chi connectivity index (χ3n) is 3.65. The molecule has 0 aromatic heterocycles. The Kier molecular flexibility index (Phi) is 5.28. The van der Waals surface area contributed by atoms with Gasteiger partial charge < -0.3 is 9.47 Å². The number of nitrogens with one attached hydrogen (secondary N) is 2. The molecule has 0 bridgehead atoms. The van der Waals surface area contributed by atoms with Crippen molar-refractivity contribution in [1.29, 1.82) is 0 Å². The van der Waals surface area contributed by atoms with Gasteiger partial charge in [-0.1, -0.05) is 24.3 Å². The van der Waals surface area contributed by atoms with Crippen LogP contribution in [0.4, 0.5) is 0 Å². The van der Waals surface area contributed by atoms with Crippen molar-refractivity contribution in [3.8, 4) is 11.5 Å². The average Bonchev–Trinajstić information content (AvgIpc) is 2.66. The highest BCUT2D eigenvalue weighted by atomic mass is 32.1. The third-order valence-corrected chi connectivity index (χ3v) is 3.86. The zero-order chi connectivity index (χ0) is 19.4. The number of hydrogen-bond acceptors (Lipinski definition) is 6. The van der Waals surface area contributed by atoms with Gasteiger partial charge in [0.1, 0.15) is 5.57 Å². The van der Waals surface area contributed by atoms with Crippen LogP contribution in [0.3, 0.4) is 0 Å². The summed E-state index contributed by atoms with van der Waals surface area (Å²) in [6.45, 7) is 0. The van der Waals surface area contributed by atoms with Crippen LogP contribution in [-0.4, -0.2) is 30.0 Å². The van der Waals surface area contributed by atoms with E-state index in [1.54, 1.807) is 42.5 Å². The minimum Gasteiger partial charge on any atom is -0.493 e. The third kappa shape index (κ3) is 4.18. The maximum absolute atomic E-state index is 12.2. The van der Waals surface area contributed by atoms with E-state index in [-0.39, 0.29) is 22.2 Å². The molecule has 0 unspecified atom stereocenters. The Morgan fingerprint density at radius 3 is 2.30 bits per heavy atom. The molecule has 7 nitrogen and oxygen atoms in total. The highest BCUT2D eigenvalue weighted by Gasteiger charge is 2.25. The number of esters is 1. The normalized spacial score (nSPS) is 13.5. The number of carbonyl (C=O) groups excluding carboxylic acids is 3. The first-order chi connectivity index (χ1) is 13.0. The van der Waals surface area contributed by atoms with E-state index >= 15 is 0 Å². The van der Waals surface area contributed by atoms with Crippen molar-refractivity contribution in [1.82, 2.24) is 10.6 Å². The SMILES string of the molecule is COc1cc(C=C2C(=O)NC(=S)NC2=O)ccc1OC(=O)c1ccccc1. The minimum atomic E-state index is -0.595. The second-order valence-electron chi connectivity index (χ2n) is 5.46. The molecule has 1 heterocycles. The largest absolute Gasteiger partial charge is 0.493 e. The van der Waals surface area contributed by atoms with Crippen molar-refractivity contribution < 1.29 is 23.9 Å². The first-order valence-electron chi connectivity index (χ1n) is 7.81. The average molecular weight is 382 g/mol. The van der Waals surface area contributed by atoms with E-state index in [4.69, 9.17) is 21.7 Å². The molecule has 0 atom stereocenters. The number of ether oxygens (including phenoxy) is 2. The molecule has 0 saturated carbocycles. The zero-order valence-corrected chi connectivity index (χ0v) is 15.0. The van der Waals surface area contributed by atoms with Gasteiger partial charge in [0.25, 0.3) is 11.8 Å². The zero-order valence-electron chi connectivity index (χ0n) is 14.1. The van der Waals surface area contributed by atoms with Crippen LogP contribution >= 0.6 is 12.2 Å². The van der Waals surface area contributed by atoms with Crippen LogP contribution in [0, 0.1) is 0 Å². The van der Waals surface area contributed by atoms with Crippen LogP contribution < -0.4 is 20.1 Å². The predicted molar refractivity (Wildman–Crippen MR) is 101 cm³/mol. The number of methoxy groups -OCH3 is 1. The van der Waals surface area contributed by atoms with E-state index in [1.165, 1.54) is 19.3 Å². The standard InChI is InChI=1S/C19H14N2O5S/c1-25-15-10-11(9-13-16(22)20-19(27)21-17(13)23)7-8-14(15)26-18(24)12-5-3-2-4-6-12/h2-10H,1H3,(H2,20,21,22,23,27). The lowest BCUT2D eigenvalue weighted by atomic mass is 10.1. The van der Waals surface area contributed by atoms with E-state index < -0.39 is 17.8 Å². The summed E-state index contributed by atoms with van der Waals surface area (Å²) >= 11 is 4.75. The molecule has 27 heavy (non-hydrogen) atoms. The Labute approximate surface area is 160 Å². The van der Waals surface area contributed by atoms with Gasteiger partial charge in [0, 0.05) is 0 Å². The summed E-state index contributed by atoms with van der Waals surface area (Å²) in [6.07, 6.45) is 1.39. The maximum Gasteiger partial charge on any atom is 0.343 e. The number of benzene rings is 2. The van der Waals surface area contributed by atoms with Gasteiger partial charge in [-0.3, -0.25) is 20.2 Å². The Morgan fingerprint density at radius 2 is 1.67 bits per heavy atom. The van der Waals surface area contributed by atoms with Crippen LogP contribution in [-0.2, 0) is 9.59 Å². The van der Waals surface area contributed by atoms with Crippen molar-refractivity contribution in [2.45, 2.75) is 0 Å². The lowest BCUT2D eigenvalue weighted by Crippen LogP contribution is -2.51. The van der Waals surface area contributed by atoms with Gasteiger partial charge in [0.15, 0.2) is 16.6 Å². The fourth-order valence-electron chi connectivity index (χ4n) is 2.36. The summed E-state index contributed by atoms with van der Waals surface area (Å²) in [6, 6.07) is 13.2. The molecule has 1 aliphatic rings. The molecule has 2 amide bonds. The summed E-state index contributed by atoms with van der Waals surface area (Å²) in [7, 11) is 1.42. The fraction of sp³-hybridized carbons (Fsp3) is 0.0526. The molecule has 1 fully saturated rings. The lowest BCUT2D eigenvalue weighted by molar-refractivity contribution is -0.123. The summed E-state index contributed by atoms with van der Waals surface area (Å²) < 4.78 is 10.6. The van der Waals surface area contributed by atoms with E-state index in [0.29, 0.717) is 11.1 Å². The van der Waals surface area contributed by atoms with Gasteiger partial charge in [-0.2, -0.15) is 0 Å². The Bertz CT molecular complexity index is 947. The first-order valence-corrected chi connectivity index (χ1v) is 8.22. The van der Waals surface area contributed by atoms with E-state index in [9.17, 15) is 14.4 Å². The molecule has 2 N–H and O–H groups in total. The minimum absolute atomic E-state index is 0.0390. The van der Waals surface area contributed by atoms with Crippen molar-refractivity contribution in [2.24, 2.45) is 0 Å². The van der Waals surface area contributed by atoms with Gasteiger partial charge in [-0.25, -0.2) is 4.79 Å². The highest BCUT2D eigenvalue weighted by Crippen LogP contribution is 2.29. The molecule has 3 rings (SSSR count). The molecule has 0 aliphatic carbocycles. The summed E-state index contributed by atoms with van der Waals surface area (Å²) in [5.41, 5.74) is 0.816. The number of hydrogen-bond donors (Lipinski definition) is 2. The van der Waals surface area contributed by atoms with E-state index in [0.717, 1.165) is 0 Å². The summed E-state index contributed by atoms with van der Waals surface area (Å²) in [5.74, 6) is -1.22. The van der Waals surface area contributed by atoms with Crippen LogP contribution in [0.5, 0.6) is 11.5 Å². The van der Waals surface area contributed by atoms with Crippen molar-refractivity contribution >= 4 is 41.2 Å². The summed E-state index contributed by atoms with van der Waals surface area (Å²) in [4.78, 5) is 36.0. The molecule has 0 radical (unpaired) electrons. The first kappa shape index (κ1) is 18.3. The van der Waals surface area contributed by atoms with E-state index in [1.807, 2.05) is 0 Å². The fourth-order valence-corrected chi connectivity index (χ4v) is 2.55. The smallest absolute Gasteiger partial charge is 0.343 e. The van der Waals surface area contributed by atoms with Crippen molar-refractivity contribution in [2.75, 3.05) is 7.11 Å². The van der Waals surface area contributed by atoms with Gasteiger partial charge in [0.05, 0.1) is 12.7 Å². The molecule has 0 spiro atoms. The molecule has 136 valence electrons. The topological polar surface area (TPSA) is 93.7 Å². The number of thiocarbonyl (C=S) groups is 1. The van der Waals surface area contributed by atoms with Crippen molar-refractivity contribution in [3.63, 3.8) is 0 Å². The maximum atomic E-state index is 12.2. The van der Waals surface area contributed by atoms with Crippen LogP contribution in [0.2, 0.25) is 0 Å². The molecular formula is C19H14N2O5S. The second kappa shape index (κ2) is 7.79. The quantitative estimate of drug-likeness (QED) is 0.276. The summed E-state index contributed by atoms with van der Waals surface area (Å²) in [5, 5.41) is 4.67. The van der Waals surface area contributed by atoms with Gasteiger partial charge in [-0.05, 0) is 48.1 Å². The molecular weight excluding hydrogens is 368 g/mol. The van der Waals surface area contributed by atoms with Gasteiger partial charge >= 0.3 is 5.97 Å². The van der Waals surface area contributed by atoms with Crippen LogP contribution in [0.1, 0.15) is 15.9 Å². The highest BCUT2D eigenvalue weighted by molar-refractivity contribution is 7.80. The Morgan fingerprint density at radius 1 is 1.00 bits per heavy atom. The molecule has 2 aromatic carbocycles.